The third kappa shape index (κ3) is 60.1. The van der Waals surface area contributed by atoms with Crippen molar-refractivity contribution in [1.82, 2.24) is 21.3 Å². The van der Waals surface area contributed by atoms with Crippen molar-refractivity contribution in [3.8, 4) is 0 Å². The van der Waals surface area contributed by atoms with E-state index in [0.717, 1.165) is 12.8 Å². The Balaban J connectivity index is 0.725. The summed E-state index contributed by atoms with van der Waals surface area (Å²) in [6.45, 7) is 24.4. The molecule has 41 heteroatoms. The van der Waals surface area contributed by atoms with E-state index >= 15 is 0 Å². The van der Waals surface area contributed by atoms with E-state index in [1.165, 1.54) is 0 Å². The van der Waals surface area contributed by atoms with Crippen LogP contribution in [0.25, 0.3) is 0 Å². The molecule has 6 atom stereocenters. The molecule has 1 aliphatic carbocycles. The van der Waals surface area contributed by atoms with Gasteiger partial charge in [-0.15, -0.1) is 0 Å². The fourth-order valence-electron chi connectivity index (χ4n) is 12.4. The van der Waals surface area contributed by atoms with Gasteiger partial charge < -0.3 is 160 Å². The number of halogens is 2. The zero-order valence-electron chi connectivity index (χ0n) is 75.2. The first-order valence-corrected chi connectivity index (χ1v) is 45.4. The maximum Gasteiger partial charge on any atom is 0.326 e. The number of carbonyl (C=O) groups excluding carboxylic acids is 5. The van der Waals surface area contributed by atoms with E-state index in [0.29, 0.717) is 348 Å². The molecule has 0 unspecified atom stereocenters. The van der Waals surface area contributed by atoms with Crippen molar-refractivity contribution in [2.24, 2.45) is 11.3 Å². The number of aliphatic hydroxyl groups excluding tert-OH is 2. The molecule has 0 aromatic heterocycles. The molecule has 1 heterocycles. The number of amides is 5. The maximum absolute atomic E-state index is 13.7. The van der Waals surface area contributed by atoms with E-state index in [-0.39, 0.29) is 90.6 Å². The lowest BCUT2D eigenvalue weighted by atomic mass is 9.81. The van der Waals surface area contributed by atoms with Crippen LogP contribution in [0, 0.1) is 11.3 Å². The standard InChI is InChI=1S/C87H147Cl2N5O34/c1-70-77(69-95)128-71(2)82(83(70)99)94-80(98)13-12-78(96)91-19-21-105-23-25-107-27-29-109-31-33-111-35-37-113-39-41-115-43-45-117-47-49-119-51-53-121-55-57-123-59-61-125-63-65-127-67-66-126-64-62-124-60-58-122-56-54-120-52-50-118-48-46-116-44-42-114-40-38-112-36-34-110-32-30-108-28-26-106-24-22-104-20-14-79(97)90-18-17-87(15-3-4-16-87)86(103)93-76(85(101)102)68-72-8-10-73(11-9-72)92-84(100)81-74(88)6-5-7-75(81)89/h5-11,70-71,76-77,82-83,95,99H,3-4,12-69H2,1-2H3,(H,90,97)(H,91,96)(H,92,100)(H,93,103)(H,94,98)(H,101,102)/t70-,71+,76+,77-,82+,83-/m1/s1. The first-order chi connectivity index (χ1) is 62.6. The van der Waals surface area contributed by atoms with Crippen molar-refractivity contribution in [3.05, 3.63) is 63.6 Å². The number of carboxylic acid groups (broad SMARTS) is 1. The average Bonchev–Trinajstić information content (AvgIpc) is 1.76. The molecule has 39 nitrogen and oxygen atoms in total. The number of carboxylic acids is 1. The molecular formula is C87H147Cl2N5O34. The molecule has 5 amide bonds. The number of aliphatic carboxylic acids is 1. The van der Waals surface area contributed by atoms with Crippen LogP contribution in [-0.2, 0) is 149 Å². The largest absolute Gasteiger partial charge is 0.480 e. The third-order valence-corrected chi connectivity index (χ3v) is 20.1. The van der Waals surface area contributed by atoms with E-state index in [4.69, 9.17) is 142 Å². The maximum atomic E-state index is 13.7. The van der Waals surface area contributed by atoms with Crippen LogP contribution < -0.4 is 26.6 Å². The van der Waals surface area contributed by atoms with Gasteiger partial charge in [0.2, 0.25) is 23.6 Å². The van der Waals surface area contributed by atoms with Crippen LogP contribution in [0.3, 0.4) is 0 Å². The molecule has 2 aromatic carbocycles. The van der Waals surface area contributed by atoms with Gasteiger partial charge in [0.15, 0.2) is 0 Å². The highest BCUT2D eigenvalue weighted by atomic mass is 35.5. The number of hydrogen-bond donors (Lipinski definition) is 8. The van der Waals surface area contributed by atoms with Crippen LogP contribution in [-0.4, -0.2) is 418 Å². The monoisotopic (exact) mass is 1880 g/mol. The van der Waals surface area contributed by atoms with E-state index in [1.54, 1.807) is 56.3 Å². The van der Waals surface area contributed by atoms with Gasteiger partial charge in [0.1, 0.15) is 6.04 Å². The highest BCUT2D eigenvalue weighted by Gasteiger charge is 2.43. The van der Waals surface area contributed by atoms with E-state index in [2.05, 4.69) is 26.6 Å². The molecule has 0 spiro atoms. The van der Waals surface area contributed by atoms with Gasteiger partial charge in [0.25, 0.3) is 5.91 Å². The minimum absolute atomic E-state index is 0.00217. The van der Waals surface area contributed by atoms with Gasteiger partial charge >= 0.3 is 5.97 Å². The van der Waals surface area contributed by atoms with E-state index < -0.39 is 47.7 Å². The smallest absolute Gasteiger partial charge is 0.326 e. The molecule has 1 aliphatic heterocycles. The Hall–Kier alpha value is -5.24. The summed E-state index contributed by atoms with van der Waals surface area (Å²) in [5.41, 5.74) is 0.444. The molecule has 1 saturated heterocycles. The van der Waals surface area contributed by atoms with Gasteiger partial charge in [-0.25, -0.2) is 4.79 Å². The summed E-state index contributed by atoms with van der Waals surface area (Å²) < 4.78 is 139. The van der Waals surface area contributed by atoms with E-state index in [1.807, 2.05) is 0 Å². The number of carbonyl (C=O) groups is 6. The van der Waals surface area contributed by atoms with Gasteiger partial charge in [-0.05, 0) is 56.0 Å². The minimum Gasteiger partial charge on any atom is -0.480 e. The molecule has 4 rings (SSSR count). The molecule has 0 radical (unpaired) electrons. The molecule has 738 valence electrons. The van der Waals surface area contributed by atoms with E-state index in [9.17, 15) is 44.1 Å². The van der Waals surface area contributed by atoms with Crippen LogP contribution >= 0.6 is 23.2 Å². The van der Waals surface area contributed by atoms with Gasteiger partial charge in [0.05, 0.1) is 369 Å². The summed E-state index contributed by atoms with van der Waals surface area (Å²) >= 11 is 12.3. The summed E-state index contributed by atoms with van der Waals surface area (Å²) in [6, 6.07) is 9.58. The molecular weight excluding hydrogens is 1730 g/mol. The summed E-state index contributed by atoms with van der Waals surface area (Å²) in [7, 11) is 0. The normalized spacial score (nSPS) is 16.4. The predicted octanol–water partition coefficient (Wildman–Crippen LogP) is 3.37. The summed E-state index contributed by atoms with van der Waals surface area (Å²) in [6.07, 6.45) is 1.48. The number of aliphatic hydroxyl groups is 2. The Bertz CT molecular complexity index is 3040. The fourth-order valence-corrected chi connectivity index (χ4v) is 13.0. The Morgan fingerprint density at radius 2 is 0.703 bits per heavy atom. The Labute approximate surface area is 763 Å². The average molecular weight is 1880 g/mol. The number of anilines is 1. The quantitative estimate of drug-likeness (QED) is 0.0440. The summed E-state index contributed by atoms with van der Waals surface area (Å²) in [5, 5.41) is 44.3. The first kappa shape index (κ1) is 115. The molecule has 1 saturated carbocycles. The highest BCUT2D eigenvalue weighted by molar-refractivity contribution is 6.40. The molecule has 8 N–H and O–H groups in total. The van der Waals surface area contributed by atoms with Crippen LogP contribution in [0.15, 0.2) is 42.5 Å². The SMILES string of the molecule is C[C@H]1[C@@H](O)[C@@H](NC(=O)CCC(=O)NCCOCCOCCOCCOCCOCCOCCOCCOCCOCCOCCOCCOCCOCCOCCOCCOCCOCCOCCOCCOCCOCCOCCOCCOCCC(=O)NCCC2(C(=O)N[C@@H](Cc3ccc(NC(=O)c4c(Cl)cccc4Cl)cc3)C(=O)O)CCCC2)[C@H](C)O[C@@H]1CO. The Kier molecular flexibility index (Phi) is 72.1. The summed E-state index contributed by atoms with van der Waals surface area (Å²) in [5.74, 6) is -3.21. The lowest BCUT2D eigenvalue weighted by Crippen LogP contribution is -2.60. The molecule has 2 fully saturated rings. The number of rotatable bonds is 90. The second kappa shape index (κ2) is 80.2. The summed E-state index contributed by atoms with van der Waals surface area (Å²) in [4.78, 5) is 75.9. The van der Waals surface area contributed by atoms with Crippen molar-refractivity contribution in [1.29, 1.82) is 0 Å². The Morgan fingerprint density at radius 3 is 1.02 bits per heavy atom. The van der Waals surface area contributed by atoms with Crippen molar-refractivity contribution in [2.75, 3.05) is 342 Å². The number of benzene rings is 2. The molecule has 128 heavy (non-hydrogen) atoms. The van der Waals surface area contributed by atoms with Crippen molar-refractivity contribution in [3.63, 3.8) is 0 Å². The minimum atomic E-state index is -1.19. The van der Waals surface area contributed by atoms with Crippen LogP contribution in [0.5, 0.6) is 0 Å². The number of ether oxygens (including phenoxy) is 25. The van der Waals surface area contributed by atoms with Crippen LogP contribution in [0.1, 0.15) is 81.1 Å². The predicted molar refractivity (Wildman–Crippen MR) is 468 cm³/mol. The van der Waals surface area contributed by atoms with Crippen LogP contribution in [0.4, 0.5) is 5.69 Å². The van der Waals surface area contributed by atoms with Crippen molar-refractivity contribution < 1.29 is 163 Å². The van der Waals surface area contributed by atoms with Gasteiger partial charge in [-0.3, -0.25) is 24.0 Å². The Morgan fingerprint density at radius 1 is 0.406 bits per heavy atom. The first-order valence-electron chi connectivity index (χ1n) is 44.6. The number of nitrogens with one attached hydrogen (secondary N) is 5. The third-order valence-electron chi connectivity index (χ3n) is 19.5. The lowest BCUT2D eigenvalue weighted by Gasteiger charge is -2.42. The van der Waals surface area contributed by atoms with Gasteiger partial charge in [-0.1, -0.05) is 61.2 Å². The van der Waals surface area contributed by atoms with Crippen LogP contribution in [0.2, 0.25) is 10.0 Å². The van der Waals surface area contributed by atoms with Gasteiger partial charge in [-0.2, -0.15) is 0 Å². The highest BCUT2D eigenvalue weighted by Crippen LogP contribution is 2.41. The zero-order chi connectivity index (χ0) is 91.9. The number of hydrogen-bond acceptors (Lipinski definition) is 33. The zero-order valence-corrected chi connectivity index (χ0v) is 76.7. The van der Waals surface area contributed by atoms with Crippen molar-refractivity contribution >= 4 is 64.4 Å². The lowest BCUT2D eigenvalue weighted by molar-refractivity contribution is -0.161. The molecule has 0 bridgehead atoms. The topological polar surface area (TPSA) is 454 Å². The fraction of sp³-hybridized carbons (Fsp3) is 0.793. The van der Waals surface area contributed by atoms with Crippen molar-refractivity contribution in [2.45, 2.75) is 102 Å². The molecule has 2 aromatic rings. The van der Waals surface area contributed by atoms with Gasteiger partial charge in [0, 0.05) is 50.4 Å². The molecule has 2 aliphatic rings. The second-order valence-corrected chi connectivity index (χ2v) is 30.0. The second-order valence-electron chi connectivity index (χ2n) is 29.2.